The quantitative estimate of drug-likeness (QED) is 0.682. The van der Waals surface area contributed by atoms with Crippen molar-refractivity contribution in [2.24, 2.45) is 11.8 Å². The van der Waals surface area contributed by atoms with Crippen molar-refractivity contribution in [2.75, 3.05) is 13.1 Å². The van der Waals surface area contributed by atoms with E-state index in [1.165, 1.54) is 12.8 Å². The number of nitrogens with one attached hydrogen (secondary N) is 2. The fourth-order valence-electron chi connectivity index (χ4n) is 3.17. The van der Waals surface area contributed by atoms with Gasteiger partial charge in [0.1, 0.15) is 5.60 Å². The standard InChI is InChI=1S/C19H38N2O3Si.ClH/c1-18(2,3)23-17(22)21-15-12-20-11-14(13-9-10-13)16(15)24-25(7,8)19(4,5)6;/h13-16,20H,9-12H2,1-8H3,(H,21,22);1H/t14-,15-,16-;/m1./s1. The SMILES string of the molecule is CC(C)(C)OC(=O)N[C@@H]1CNC[C@H](C2CC2)[C@H]1O[Si](C)(C)C(C)(C)C.Cl. The Morgan fingerprint density at radius 1 is 1.08 bits per heavy atom. The smallest absolute Gasteiger partial charge is 0.408 e. The molecule has 1 aliphatic carbocycles. The average Bonchev–Trinajstić information content (AvgIpc) is 3.21. The van der Waals surface area contributed by atoms with Crippen molar-refractivity contribution < 1.29 is 14.0 Å². The Labute approximate surface area is 166 Å². The number of alkyl carbamates (subject to hydrolysis) is 1. The fraction of sp³-hybridized carbons (Fsp3) is 0.947. The first-order valence-electron chi connectivity index (χ1n) is 9.68. The van der Waals surface area contributed by atoms with Crippen LogP contribution in [-0.4, -0.2) is 45.2 Å². The van der Waals surface area contributed by atoms with Gasteiger partial charge in [-0.15, -0.1) is 12.4 Å². The lowest BCUT2D eigenvalue weighted by Gasteiger charge is -2.46. The van der Waals surface area contributed by atoms with E-state index in [0.717, 1.165) is 19.0 Å². The molecule has 2 N–H and O–H groups in total. The average molecular weight is 407 g/mol. The first-order chi connectivity index (χ1) is 11.3. The molecule has 154 valence electrons. The summed E-state index contributed by atoms with van der Waals surface area (Å²) in [5.74, 6) is 1.20. The Kier molecular flexibility index (Phi) is 7.64. The molecule has 0 bridgehead atoms. The van der Waals surface area contributed by atoms with Gasteiger partial charge < -0.3 is 19.8 Å². The summed E-state index contributed by atoms with van der Waals surface area (Å²) in [6, 6.07) is -0.0386. The molecule has 2 aliphatic rings. The number of carbonyl (C=O) groups is 1. The summed E-state index contributed by atoms with van der Waals surface area (Å²) in [5.41, 5.74) is -0.488. The van der Waals surface area contributed by atoms with Crippen LogP contribution in [0.2, 0.25) is 18.1 Å². The lowest BCUT2D eigenvalue weighted by atomic mass is 9.88. The van der Waals surface area contributed by atoms with E-state index in [9.17, 15) is 4.79 Å². The van der Waals surface area contributed by atoms with Crippen molar-refractivity contribution >= 4 is 26.8 Å². The molecule has 26 heavy (non-hydrogen) atoms. The zero-order valence-corrected chi connectivity index (χ0v) is 19.6. The van der Waals surface area contributed by atoms with Gasteiger partial charge in [0.05, 0.1) is 12.1 Å². The van der Waals surface area contributed by atoms with Crippen LogP contribution < -0.4 is 10.6 Å². The van der Waals surface area contributed by atoms with Crippen molar-refractivity contribution in [1.82, 2.24) is 10.6 Å². The van der Waals surface area contributed by atoms with E-state index >= 15 is 0 Å². The van der Waals surface area contributed by atoms with E-state index in [2.05, 4.69) is 44.5 Å². The third-order valence-corrected chi connectivity index (χ3v) is 10.2. The molecule has 3 atom stereocenters. The molecule has 1 heterocycles. The molecule has 0 radical (unpaired) electrons. The number of hydrogen-bond acceptors (Lipinski definition) is 4. The van der Waals surface area contributed by atoms with E-state index < -0.39 is 13.9 Å². The summed E-state index contributed by atoms with van der Waals surface area (Å²) in [7, 11) is -1.91. The Bertz CT molecular complexity index is 484. The number of hydrogen-bond donors (Lipinski definition) is 2. The maximum absolute atomic E-state index is 12.3. The van der Waals surface area contributed by atoms with Crippen LogP contribution in [0, 0.1) is 11.8 Å². The Morgan fingerprint density at radius 2 is 1.65 bits per heavy atom. The molecule has 0 spiro atoms. The molecular formula is C19H39ClN2O3Si. The molecule has 1 saturated heterocycles. The minimum absolute atomic E-state index is 0. The molecule has 0 unspecified atom stereocenters. The van der Waals surface area contributed by atoms with Gasteiger partial charge in [-0.1, -0.05) is 20.8 Å². The minimum atomic E-state index is -1.91. The van der Waals surface area contributed by atoms with Crippen LogP contribution in [0.4, 0.5) is 4.79 Å². The van der Waals surface area contributed by atoms with Crippen molar-refractivity contribution in [2.45, 2.75) is 90.3 Å². The highest BCUT2D eigenvalue weighted by atomic mass is 35.5. The summed E-state index contributed by atoms with van der Waals surface area (Å²) in [5, 5.41) is 6.74. The second kappa shape index (κ2) is 8.37. The largest absolute Gasteiger partial charge is 0.444 e. The number of ether oxygens (including phenoxy) is 1. The number of rotatable bonds is 4. The molecule has 1 amide bonds. The molecule has 2 fully saturated rings. The Morgan fingerprint density at radius 3 is 2.12 bits per heavy atom. The third kappa shape index (κ3) is 6.39. The molecular weight excluding hydrogens is 368 g/mol. The van der Waals surface area contributed by atoms with Gasteiger partial charge in [0, 0.05) is 19.0 Å². The number of carbonyl (C=O) groups excluding carboxylic acids is 1. The summed E-state index contributed by atoms with van der Waals surface area (Å²) in [6.45, 7) is 18.8. The van der Waals surface area contributed by atoms with E-state index in [-0.39, 0.29) is 35.7 Å². The lowest BCUT2D eigenvalue weighted by Crippen LogP contribution is -2.62. The van der Waals surface area contributed by atoms with Gasteiger partial charge in [-0.2, -0.15) is 0 Å². The first-order valence-corrected chi connectivity index (χ1v) is 12.6. The van der Waals surface area contributed by atoms with Gasteiger partial charge in [-0.05, 0) is 57.7 Å². The highest BCUT2D eigenvalue weighted by molar-refractivity contribution is 6.74. The van der Waals surface area contributed by atoms with Crippen LogP contribution in [0.3, 0.4) is 0 Å². The lowest BCUT2D eigenvalue weighted by molar-refractivity contribution is 0.0233. The van der Waals surface area contributed by atoms with Crippen LogP contribution in [0.25, 0.3) is 0 Å². The second-order valence-electron chi connectivity index (χ2n) is 10.3. The predicted octanol–water partition coefficient (Wildman–Crippen LogP) is 4.32. The molecule has 2 rings (SSSR count). The normalized spacial score (nSPS) is 27.5. The topological polar surface area (TPSA) is 59.6 Å². The molecule has 0 aromatic heterocycles. The van der Waals surface area contributed by atoms with E-state index in [1.807, 2.05) is 20.8 Å². The van der Waals surface area contributed by atoms with Gasteiger partial charge in [-0.25, -0.2) is 4.79 Å². The zero-order chi connectivity index (χ0) is 19.0. The van der Waals surface area contributed by atoms with Gasteiger partial charge >= 0.3 is 6.09 Å². The Hall–Kier alpha value is -0.303. The van der Waals surface area contributed by atoms with Crippen molar-refractivity contribution in [3.63, 3.8) is 0 Å². The maximum atomic E-state index is 12.3. The Balaban J connectivity index is 0.00000338. The molecule has 1 aliphatic heterocycles. The summed E-state index contributed by atoms with van der Waals surface area (Å²) < 4.78 is 12.3. The van der Waals surface area contributed by atoms with Gasteiger partial charge in [0.25, 0.3) is 0 Å². The second-order valence-corrected chi connectivity index (χ2v) is 15.0. The summed E-state index contributed by atoms with van der Waals surface area (Å²) >= 11 is 0. The van der Waals surface area contributed by atoms with Crippen LogP contribution in [-0.2, 0) is 9.16 Å². The number of piperidine rings is 1. The third-order valence-electron chi connectivity index (χ3n) is 5.73. The molecule has 0 aromatic rings. The highest BCUT2D eigenvalue weighted by Gasteiger charge is 2.48. The fourth-order valence-corrected chi connectivity index (χ4v) is 4.55. The monoisotopic (exact) mass is 406 g/mol. The van der Waals surface area contributed by atoms with Gasteiger partial charge in [0.15, 0.2) is 8.32 Å². The zero-order valence-electron chi connectivity index (χ0n) is 17.8. The van der Waals surface area contributed by atoms with E-state index in [0.29, 0.717) is 5.92 Å². The molecule has 0 aromatic carbocycles. The predicted molar refractivity (Wildman–Crippen MR) is 112 cm³/mol. The molecule has 5 nitrogen and oxygen atoms in total. The van der Waals surface area contributed by atoms with Crippen LogP contribution in [0.15, 0.2) is 0 Å². The summed E-state index contributed by atoms with van der Waals surface area (Å²) in [4.78, 5) is 12.3. The van der Waals surface area contributed by atoms with Crippen LogP contribution >= 0.6 is 12.4 Å². The number of halogens is 1. The molecule has 7 heteroatoms. The first kappa shape index (κ1) is 23.7. The van der Waals surface area contributed by atoms with Crippen molar-refractivity contribution in [3.05, 3.63) is 0 Å². The van der Waals surface area contributed by atoms with Gasteiger partial charge in [-0.3, -0.25) is 0 Å². The van der Waals surface area contributed by atoms with Crippen LogP contribution in [0.5, 0.6) is 0 Å². The van der Waals surface area contributed by atoms with Gasteiger partial charge in [0.2, 0.25) is 0 Å². The summed E-state index contributed by atoms with van der Waals surface area (Å²) in [6.07, 6.45) is 2.29. The number of amides is 1. The highest BCUT2D eigenvalue weighted by Crippen LogP contribution is 2.44. The van der Waals surface area contributed by atoms with Crippen molar-refractivity contribution in [1.29, 1.82) is 0 Å². The van der Waals surface area contributed by atoms with E-state index in [1.54, 1.807) is 0 Å². The maximum Gasteiger partial charge on any atom is 0.408 e. The molecule has 1 saturated carbocycles. The van der Waals surface area contributed by atoms with Crippen LogP contribution in [0.1, 0.15) is 54.4 Å². The van der Waals surface area contributed by atoms with Crippen molar-refractivity contribution in [3.8, 4) is 0 Å². The van der Waals surface area contributed by atoms with E-state index in [4.69, 9.17) is 9.16 Å². The minimum Gasteiger partial charge on any atom is -0.444 e.